The summed E-state index contributed by atoms with van der Waals surface area (Å²) in [7, 11) is 0. The maximum atomic E-state index is 5.39. The van der Waals surface area contributed by atoms with Crippen LogP contribution < -0.4 is 9.80 Å². The summed E-state index contributed by atoms with van der Waals surface area (Å²) >= 11 is 1.77. The number of hydrogen-bond donors (Lipinski definition) is 0. The van der Waals surface area contributed by atoms with Gasteiger partial charge in [0.15, 0.2) is 0 Å². The summed E-state index contributed by atoms with van der Waals surface area (Å²) in [6.07, 6.45) is 7.26. The smallest absolute Gasteiger partial charge is 0.120 e. The minimum absolute atomic E-state index is 0.900. The summed E-state index contributed by atoms with van der Waals surface area (Å²) in [5.41, 5.74) is 8.77. The fourth-order valence-electron chi connectivity index (χ4n) is 5.19. The van der Waals surface area contributed by atoms with Crippen molar-refractivity contribution in [1.29, 1.82) is 0 Å². The average molecular weight is 564 g/mol. The van der Waals surface area contributed by atoms with Crippen molar-refractivity contribution in [2.75, 3.05) is 9.80 Å². The first-order chi connectivity index (χ1) is 20.8. The van der Waals surface area contributed by atoms with Gasteiger partial charge in [-0.15, -0.1) is 11.3 Å². The summed E-state index contributed by atoms with van der Waals surface area (Å²) in [6, 6.07) is 46.7. The molecule has 6 aromatic rings. The highest BCUT2D eigenvalue weighted by molar-refractivity contribution is 7.20. The average Bonchev–Trinajstić information content (AvgIpc) is 3.50. The highest BCUT2D eigenvalue weighted by atomic mass is 32.1. The van der Waals surface area contributed by atoms with E-state index in [-0.39, 0.29) is 0 Å². The third-order valence-electron chi connectivity index (χ3n) is 7.19. The molecule has 0 atom stereocenters. The third kappa shape index (κ3) is 5.50. The molecule has 1 aromatic heterocycles. The monoisotopic (exact) mass is 563 g/mol. The van der Waals surface area contributed by atoms with Gasteiger partial charge >= 0.3 is 0 Å². The number of nitrogens with zero attached hydrogens (tertiary/aromatic N) is 3. The first-order valence-corrected chi connectivity index (χ1v) is 15.2. The van der Waals surface area contributed by atoms with Crippen LogP contribution in [0.2, 0.25) is 0 Å². The van der Waals surface area contributed by atoms with Crippen LogP contribution in [-0.2, 0) is 0 Å². The topological polar surface area (TPSA) is 19.4 Å². The molecule has 1 heterocycles. The van der Waals surface area contributed by atoms with Crippen LogP contribution in [0.15, 0.2) is 152 Å². The van der Waals surface area contributed by atoms with Crippen molar-refractivity contribution in [1.82, 2.24) is 4.98 Å². The predicted molar refractivity (Wildman–Crippen MR) is 182 cm³/mol. The Morgan fingerprint density at radius 1 is 0.619 bits per heavy atom. The predicted octanol–water partition coefficient (Wildman–Crippen LogP) is 11.6. The first kappa shape index (κ1) is 27.3. The zero-order valence-corrected chi connectivity index (χ0v) is 24.7. The maximum absolute atomic E-state index is 5.39. The van der Waals surface area contributed by atoms with Crippen LogP contribution in [0.25, 0.3) is 15.8 Å². The van der Waals surface area contributed by atoms with Gasteiger partial charge in [0.1, 0.15) is 10.5 Å². The number of aromatic nitrogens is 1. The van der Waals surface area contributed by atoms with E-state index in [1.54, 1.807) is 11.3 Å². The van der Waals surface area contributed by atoms with Crippen LogP contribution in [0.1, 0.15) is 25.3 Å². The lowest BCUT2D eigenvalue weighted by Crippen LogP contribution is -2.13. The highest BCUT2D eigenvalue weighted by Crippen LogP contribution is 2.47. The molecule has 0 N–H and O–H groups in total. The number of hydrogen-bond acceptors (Lipinski definition) is 4. The second-order valence-electron chi connectivity index (χ2n) is 9.88. The van der Waals surface area contributed by atoms with E-state index in [2.05, 4.69) is 168 Å². The van der Waals surface area contributed by atoms with Crippen LogP contribution in [0.3, 0.4) is 0 Å². The Hall–Kier alpha value is -4.93. The number of rotatable bonds is 9. The molecule has 0 aliphatic rings. The van der Waals surface area contributed by atoms with Crippen molar-refractivity contribution in [2.24, 2.45) is 0 Å². The molecule has 206 valence electrons. The van der Waals surface area contributed by atoms with Crippen molar-refractivity contribution in [3.8, 4) is 0 Å². The molecule has 0 amide bonds. The Morgan fingerprint density at radius 3 is 1.48 bits per heavy atom. The molecular formula is C38H33N3S. The number of thiazole rings is 1. The Labute approximate surface area is 252 Å². The minimum Gasteiger partial charge on any atom is -0.309 e. The maximum Gasteiger partial charge on any atom is 0.120 e. The number of anilines is 6. The summed E-state index contributed by atoms with van der Waals surface area (Å²) in [4.78, 5) is 10.0. The van der Waals surface area contributed by atoms with Crippen molar-refractivity contribution < 1.29 is 0 Å². The van der Waals surface area contributed by atoms with Gasteiger partial charge < -0.3 is 9.80 Å². The van der Waals surface area contributed by atoms with Crippen molar-refractivity contribution in [3.63, 3.8) is 0 Å². The Balaban J connectivity index is 1.65. The number of benzene rings is 5. The molecule has 4 heteroatoms. The molecule has 3 nitrogen and oxygen atoms in total. The molecule has 6 rings (SSSR count). The van der Waals surface area contributed by atoms with E-state index >= 15 is 0 Å². The van der Waals surface area contributed by atoms with Crippen molar-refractivity contribution >= 4 is 61.3 Å². The van der Waals surface area contributed by atoms with E-state index in [1.807, 2.05) is 6.92 Å². The van der Waals surface area contributed by atoms with Crippen LogP contribution in [-0.4, -0.2) is 4.98 Å². The molecule has 42 heavy (non-hydrogen) atoms. The SMILES string of the molecule is C/C=C\C=C(/CC)c1nc2c(N(c3ccccc3)c3ccccc3)ccc(N(c3ccccc3)c3ccccc3)c2s1. The number of fused-ring (bicyclic) bond motifs is 1. The van der Waals surface area contributed by atoms with E-state index in [9.17, 15) is 0 Å². The second kappa shape index (κ2) is 12.7. The zero-order chi connectivity index (χ0) is 28.7. The van der Waals surface area contributed by atoms with Crippen LogP contribution >= 0.6 is 11.3 Å². The normalized spacial score (nSPS) is 11.7. The van der Waals surface area contributed by atoms with E-state index in [1.165, 1.54) is 5.57 Å². The summed E-state index contributed by atoms with van der Waals surface area (Å²) in [6.45, 7) is 4.25. The zero-order valence-electron chi connectivity index (χ0n) is 23.9. The third-order valence-corrected chi connectivity index (χ3v) is 8.34. The fourth-order valence-corrected chi connectivity index (χ4v) is 6.37. The molecule has 0 radical (unpaired) electrons. The van der Waals surface area contributed by atoms with Gasteiger partial charge in [-0.05, 0) is 79.6 Å². The van der Waals surface area contributed by atoms with Gasteiger partial charge in [0.25, 0.3) is 0 Å². The van der Waals surface area contributed by atoms with E-state index in [4.69, 9.17) is 4.98 Å². The molecule has 0 aliphatic carbocycles. The highest BCUT2D eigenvalue weighted by Gasteiger charge is 2.24. The standard InChI is InChI=1S/C38H33N3S/c1-3-5-18-29(4-2)38-39-36-34(40(30-19-10-6-11-20-30)31-21-12-7-13-22-31)27-28-35(37(36)42-38)41(32-23-14-8-15-24-32)33-25-16-9-17-26-33/h3,5-28H,4H2,1-2H3/b5-3-,29-18+. The Morgan fingerprint density at radius 2 is 1.05 bits per heavy atom. The van der Waals surface area contributed by atoms with Gasteiger partial charge in [0.2, 0.25) is 0 Å². The minimum atomic E-state index is 0.900. The molecule has 0 unspecified atom stereocenters. The van der Waals surface area contributed by atoms with E-state index in [0.717, 1.165) is 55.8 Å². The summed E-state index contributed by atoms with van der Waals surface area (Å²) < 4.78 is 1.15. The van der Waals surface area contributed by atoms with Gasteiger partial charge in [-0.3, -0.25) is 0 Å². The molecule has 0 saturated carbocycles. The largest absolute Gasteiger partial charge is 0.309 e. The van der Waals surface area contributed by atoms with Crippen molar-refractivity contribution in [2.45, 2.75) is 20.3 Å². The van der Waals surface area contributed by atoms with Crippen LogP contribution in [0, 0.1) is 0 Å². The number of para-hydroxylation sites is 4. The fraction of sp³-hybridized carbons (Fsp3) is 0.0789. The van der Waals surface area contributed by atoms with Gasteiger partial charge in [-0.2, -0.15) is 0 Å². The molecule has 0 spiro atoms. The van der Waals surface area contributed by atoms with E-state index < -0.39 is 0 Å². The lowest BCUT2D eigenvalue weighted by molar-refractivity contribution is 1.22. The molecule has 0 fully saturated rings. The molecule has 0 saturated heterocycles. The quantitative estimate of drug-likeness (QED) is 0.163. The number of allylic oxidation sites excluding steroid dienone is 4. The lowest BCUT2D eigenvalue weighted by atomic mass is 10.1. The molecule has 0 aliphatic heterocycles. The first-order valence-electron chi connectivity index (χ1n) is 14.3. The lowest BCUT2D eigenvalue weighted by Gasteiger charge is -2.29. The van der Waals surface area contributed by atoms with Crippen LogP contribution in [0.4, 0.5) is 34.1 Å². The van der Waals surface area contributed by atoms with Crippen molar-refractivity contribution in [3.05, 3.63) is 157 Å². The summed E-state index contributed by atoms with van der Waals surface area (Å²) in [5.74, 6) is 0. The van der Waals surface area contributed by atoms with Gasteiger partial charge in [0.05, 0.1) is 16.1 Å². The van der Waals surface area contributed by atoms with E-state index in [0.29, 0.717) is 0 Å². The Kier molecular flexibility index (Phi) is 8.25. The second-order valence-corrected chi connectivity index (χ2v) is 10.9. The molecule has 0 bridgehead atoms. The van der Waals surface area contributed by atoms with Gasteiger partial charge in [-0.1, -0.05) is 97.9 Å². The molecule has 5 aromatic carbocycles. The van der Waals surface area contributed by atoms with Gasteiger partial charge in [-0.25, -0.2) is 4.98 Å². The summed E-state index contributed by atoms with van der Waals surface area (Å²) in [5, 5.41) is 1.04. The van der Waals surface area contributed by atoms with Gasteiger partial charge in [0, 0.05) is 22.7 Å². The Bertz CT molecular complexity index is 1610. The molecular weight excluding hydrogens is 531 g/mol. The van der Waals surface area contributed by atoms with Crippen LogP contribution in [0.5, 0.6) is 0 Å².